The number of ether oxygens (including phenoxy) is 2. The number of esters is 2. The van der Waals surface area contributed by atoms with E-state index in [1.807, 2.05) is 84.9 Å². The molecule has 48 heavy (non-hydrogen) atoms. The molecule has 0 N–H and O–H groups in total. The van der Waals surface area contributed by atoms with Gasteiger partial charge in [0.05, 0.1) is 24.2 Å². The van der Waals surface area contributed by atoms with Gasteiger partial charge >= 0.3 is 11.9 Å². The Hall–Kier alpha value is -3.32. The third-order valence-corrected chi connectivity index (χ3v) is 11.3. The van der Waals surface area contributed by atoms with Crippen LogP contribution >= 0.6 is 63.7 Å². The highest BCUT2D eigenvalue weighted by Gasteiger charge is 2.63. The molecule has 0 saturated carbocycles. The number of carbonyl (C=O) groups excluding carboxylic acids is 4. The first-order chi connectivity index (χ1) is 22.9. The number of nitrogens with zero attached hydrogens (tertiary/aromatic N) is 2. The van der Waals surface area contributed by atoms with Gasteiger partial charge in [0.15, 0.2) is 0 Å². The van der Waals surface area contributed by atoms with Crippen LogP contribution in [0.5, 0.6) is 0 Å². The maximum Gasteiger partial charge on any atom is 0.308 e. The molecule has 12 heteroatoms. The Morgan fingerprint density at radius 1 is 0.562 bits per heavy atom. The van der Waals surface area contributed by atoms with Crippen molar-refractivity contribution in [3.05, 3.63) is 125 Å². The van der Waals surface area contributed by atoms with E-state index >= 15 is 0 Å². The van der Waals surface area contributed by atoms with E-state index in [9.17, 15) is 19.2 Å². The molecule has 2 fully saturated rings. The summed E-state index contributed by atoms with van der Waals surface area (Å²) in [6.45, 7) is 0. The second kappa shape index (κ2) is 12.2. The molecule has 4 atom stereocenters. The Labute approximate surface area is 310 Å². The number of carbonyl (C=O) groups is 4. The minimum Gasteiger partial charge on any atom is -0.443 e. The first-order valence-electron chi connectivity index (χ1n) is 15.0. The summed E-state index contributed by atoms with van der Waals surface area (Å²) in [4.78, 5) is 53.8. The topological polar surface area (TPSA) is 93.2 Å². The third-order valence-electron chi connectivity index (χ3n) is 9.42. The molecular formula is C36H26Br4N2O6. The fourth-order valence-electron chi connectivity index (χ4n) is 7.44. The third kappa shape index (κ3) is 5.09. The Morgan fingerprint density at radius 2 is 0.896 bits per heavy atom. The van der Waals surface area contributed by atoms with Crippen LogP contribution in [0.3, 0.4) is 0 Å². The van der Waals surface area contributed by atoms with Crippen molar-refractivity contribution in [1.29, 1.82) is 0 Å². The molecule has 0 bridgehead atoms. The van der Waals surface area contributed by atoms with Crippen molar-refractivity contribution >= 4 is 98.8 Å². The molecule has 0 aromatic heterocycles. The number of likely N-dealkylation sites (N-methyl/N-ethyl adjacent to an activating group) is 2. The summed E-state index contributed by atoms with van der Waals surface area (Å²) in [7, 11) is 3.44. The number of hydrogen-bond acceptors (Lipinski definition) is 6. The van der Waals surface area contributed by atoms with Crippen molar-refractivity contribution in [3.8, 4) is 0 Å². The quantitative estimate of drug-likeness (QED) is 0.189. The molecule has 244 valence electrons. The number of rotatable bonds is 2. The van der Waals surface area contributed by atoms with Gasteiger partial charge in [-0.1, -0.05) is 100 Å². The van der Waals surface area contributed by atoms with Gasteiger partial charge in [-0.05, 0) is 59.7 Å². The summed E-state index contributed by atoms with van der Waals surface area (Å²) in [5.41, 5.74) is 2.31. The standard InChI is InChI=1S/2C18H13Br2NO3/c2*1-21-15-5-3-2-4-13(15)18(17(21)23)14(9-16(22)24-18)10-6-11(19)8-12(20)7-10/h2*2-8,14H,9H2,1H3/t2*14-,18+/m11/s1. The van der Waals surface area contributed by atoms with Crippen LogP contribution < -0.4 is 9.80 Å². The van der Waals surface area contributed by atoms with E-state index in [0.29, 0.717) is 0 Å². The average molecular weight is 902 g/mol. The zero-order valence-corrected chi connectivity index (χ0v) is 31.9. The van der Waals surface area contributed by atoms with E-state index in [4.69, 9.17) is 9.47 Å². The van der Waals surface area contributed by atoms with E-state index in [1.165, 1.54) is 0 Å². The average Bonchev–Trinajstić information content (AvgIpc) is 3.71. The van der Waals surface area contributed by atoms with Gasteiger partial charge in [-0.3, -0.25) is 19.2 Å². The van der Waals surface area contributed by atoms with Crippen molar-refractivity contribution in [3.63, 3.8) is 0 Å². The lowest BCUT2D eigenvalue weighted by molar-refractivity contribution is -0.157. The van der Waals surface area contributed by atoms with E-state index in [1.54, 1.807) is 23.9 Å². The number of hydrogen-bond donors (Lipinski definition) is 0. The summed E-state index contributed by atoms with van der Waals surface area (Å²) >= 11 is 13.9. The number of halogens is 4. The van der Waals surface area contributed by atoms with Gasteiger partial charge in [0.1, 0.15) is 0 Å². The largest absolute Gasteiger partial charge is 0.443 e. The van der Waals surface area contributed by atoms with Crippen molar-refractivity contribution < 1.29 is 28.7 Å². The second-order valence-electron chi connectivity index (χ2n) is 12.1. The van der Waals surface area contributed by atoms with Crippen LogP contribution in [-0.4, -0.2) is 37.8 Å². The second-order valence-corrected chi connectivity index (χ2v) is 15.8. The summed E-state index contributed by atoms with van der Waals surface area (Å²) in [6.07, 6.45) is 0.355. The summed E-state index contributed by atoms with van der Waals surface area (Å²) < 4.78 is 14.9. The lowest BCUT2D eigenvalue weighted by atomic mass is 9.78. The van der Waals surface area contributed by atoms with Crippen LogP contribution in [-0.2, 0) is 39.9 Å². The Bertz CT molecular complexity index is 1870. The van der Waals surface area contributed by atoms with Crippen molar-refractivity contribution in [1.82, 2.24) is 0 Å². The molecule has 4 aliphatic heterocycles. The van der Waals surface area contributed by atoms with Gasteiger partial charge in [0, 0.05) is 54.9 Å². The number of fused-ring (bicyclic) bond motifs is 4. The van der Waals surface area contributed by atoms with Gasteiger partial charge in [0.2, 0.25) is 11.2 Å². The van der Waals surface area contributed by atoms with Crippen LogP contribution in [0.4, 0.5) is 11.4 Å². The summed E-state index contributed by atoms with van der Waals surface area (Å²) in [5, 5.41) is 0. The van der Waals surface area contributed by atoms with Crippen LogP contribution in [0.25, 0.3) is 0 Å². The van der Waals surface area contributed by atoms with Crippen molar-refractivity contribution in [2.45, 2.75) is 35.9 Å². The molecule has 2 amide bonds. The number of benzene rings is 4. The molecule has 8 rings (SSSR count). The number of para-hydroxylation sites is 2. The summed E-state index contributed by atoms with van der Waals surface area (Å²) in [5.74, 6) is -1.83. The molecule has 8 nitrogen and oxygen atoms in total. The highest BCUT2D eigenvalue weighted by atomic mass is 79.9. The minimum absolute atomic E-state index is 0.177. The molecular weight excluding hydrogens is 876 g/mol. The highest BCUT2D eigenvalue weighted by molar-refractivity contribution is 9.11. The minimum atomic E-state index is -1.28. The fraction of sp³-hybridized carbons (Fsp3) is 0.222. The van der Waals surface area contributed by atoms with Crippen molar-refractivity contribution in [2.75, 3.05) is 23.9 Å². The van der Waals surface area contributed by atoms with Crippen molar-refractivity contribution in [2.24, 2.45) is 0 Å². The molecule has 0 unspecified atom stereocenters. The van der Waals surface area contributed by atoms with Gasteiger partial charge < -0.3 is 19.3 Å². The first-order valence-corrected chi connectivity index (χ1v) is 18.1. The van der Waals surface area contributed by atoms with Crippen LogP contribution in [0.1, 0.15) is 46.9 Å². The normalized spacial score (nSPS) is 25.3. The van der Waals surface area contributed by atoms with Crippen LogP contribution in [0.15, 0.2) is 103 Å². The number of amides is 2. The van der Waals surface area contributed by atoms with Crippen LogP contribution in [0, 0.1) is 0 Å². The van der Waals surface area contributed by atoms with E-state index < -0.39 is 11.2 Å². The molecule has 4 heterocycles. The summed E-state index contributed by atoms with van der Waals surface area (Å²) in [6, 6.07) is 26.6. The van der Waals surface area contributed by atoms with E-state index in [0.717, 1.165) is 51.5 Å². The maximum absolute atomic E-state index is 13.1. The fourth-order valence-corrected chi connectivity index (χ4v) is 10.1. The SMILES string of the molecule is CN1C(=O)[C@]2(OC(=O)C[C@@H]2c2cc(Br)cc(Br)c2)c2ccccc21.CN1C(=O)[C@]2(OC(=O)C[C@@H]2c2cc(Br)cc(Br)c2)c2ccccc21. The predicted molar refractivity (Wildman–Crippen MR) is 194 cm³/mol. The Balaban J connectivity index is 0.000000152. The van der Waals surface area contributed by atoms with Gasteiger partial charge in [0.25, 0.3) is 11.8 Å². The zero-order chi connectivity index (χ0) is 34.1. The Kier molecular flexibility index (Phi) is 8.45. The van der Waals surface area contributed by atoms with Gasteiger partial charge in [-0.25, -0.2) is 0 Å². The monoisotopic (exact) mass is 898 g/mol. The van der Waals surface area contributed by atoms with Crippen LogP contribution in [0.2, 0.25) is 0 Å². The maximum atomic E-state index is 13.1. The molecule has 4 aliphatic rings. The lowest BCUT2D eigenvalue weighted by Gasteiger charge is -2.28. The molecule has 0 aliphatic carbocycles. The molecule has 4 aromatic rings. The number of anilines is 2. The molecule has 0 radical (unpaired) electrons. The molecule has 4 aromatic carbocycles. The molecule has 2 spiro atoms. The predicted octanol–water partition coefficient (Wildman–Crippen LogP) is 8.23. The van der Waals surface area contributed by atoms with E-state index in [-0.39, 0.29) is 48.4 Å². The lowest BCUT2D eigenvalue weighted by Crippen LogP contribution is -2.42. The van der Waals surface area contributed by atoms with Gasteiger partial charge in [-0.15, -0.1) is 0 Å². The zero-order valence-electron chi connectivity index (χ0n) is 25.5. The highest BCUT2D eigenvalue weighted by Crippen LogP contribution is 2.57. The van der Waals surface area contributed by atoms with E-state index in [2.05, 4.69) is 63.7 Å². The Morgan fingerprint density at radius 3 is 1.25 bits per heavy atom. The first kappa shape index (κ1) is 33.2. The smallest absolute Gasteiger partial charge is 0.308 e. The van der Waals surface area contributed by atoms with Gasteiger partial charge in [-0.2, -0.15) is 0 Å². The molecule has 2 saturated heterocycles.